The number of fused-ring (bicyclic) bond motifs is 1. The van der Waals surface area contributed by atoms with Crippen LogP contribution in [-0.2, 0) is 6.42 Å². The Morgan fingerprint density at radius 2 is 2.14 bits per heavy atom. The van der Waals surface area contributed by atoms with Gasteiger partial charge in [0.1, 0.15) is 5.69 Å². The first-order chi connectivity index (χ1) is 10.3. The molecule has 0 spiro atoms. The van der Waals surface area contributed by atoms with Crippen LogP contribution in [0.5, 0.6) is 0 Å². The van der Waals surface area contributed by atoms with Crippen molar-refractivity contribution in [2.45, 2.75) is 37.8 Å². The zero-order valence-corrected chi connectivity index (χ0v) is 14.7. The maximum Gasteiger partial charge on any atom is 0.243 e. The maximum absolute atomic E-state index is 12.6. The lowest BCUT2D eigenvalue weighted by Crippen LogP contribution is -2.26. The van der Waals surface area contributed by atoms with Gasteiger partial charge in [0.25, 0.3) is 0 Å². The lowest BCUT2D eigenvalue weighted by atomic mass is 9.74. The minimum atomic E-state index is -0.113. The van der Waals surface area contributed by atoms with Crippen LogP contribution in [0.15, 0.2) is 16.5 Å². The predicted octanol–water partition coefficient (Wildman–Crippen LogP) is 4.15. The minimum absolute atomic E-state index is 0.0290. The highest BCUT2D eigenvalue weighted by Crippen LogP contribution is 2.47. The molecule has 0 bridgehead atoms. The fourth-order valence-corrected chi connectivity index (χ4v) is 4.99. The van der Waals surface area contributed by atoms with Crippen molar-refractivity contribution in [2.24, 2.45) is 5.41 Å². The lowest BCUT2D eigenvalue weighted by molar-refractivity contribution is 0.0905. The number of rotatable bonds is 2. The average Bonchev–Trinajstić information content (AvgIpc) is 3.00. The Kier molecular flexibility index (Phi) is 3.77. The molecule has 0 fully saturated rings. The van der Waals surface area contributed by atoms with Gasteiger partial charge < -0.3 is 0 Å². The van der Waals surface area contributed by atoms with Crippen LogP contribution < -0.4 is 0 Å². The lowest BCUT2D eigenvalue weighted by Gasteiger charge is -2.29. The van der Waals surface area contributed by atoms with E-state index in [9.17, 15) is 9.59 Å². The first-order valence-electron chi connectivity index (χ1n) is 7.12. The summed E-state index contributed by atoms with van der Waals surface area (Å²) in [6, 6.07) is 1.85. The zero-order valence-electron chi connectivity index (χ0n) is 13.1. The summed E-state index contributed by atoms with van der Waals surface area (Å²) in [5.74, 6) is 0.113. The van der Waals surface area contributed by atoms with E-state index in [1.54, 1.807) is 29.3 Å². The summed E-state index contributed by atoms with van der Waals surface area (Å²) in [4.78, 5) is 25.0. The Labute approximate surface area is 137 Å². The summed E-state index contributed by atoms with van der Waals surface area (Å²) in [7, 11) is 0. The highest BCUT2D eigenvalue weighted by atomic mass is 32.2. The fraction of sp³-hybridized carbons (Fsp3) is 0.438. The van der Waals surface area contributed by atoms with E-state index in [4.69, 9.17) is 0 Å². The molecule has 0 atom stereocenters. The quantitative estimate of drug-likeness (QED) is 0.774. The van der Waals surface area contributed by atoms with Gasteiger partial charge in [-0.25, -0.2) is 4.68 Å². The molecule has 0 aliphatic heterocycles. The molecule has 4 nitrogen and oxygen atoms in total. The number of Topliss-reactive ketones (excluding diaryl/α,β-unsaturated/α-hetero) is 1. The number of carbonyl (C=O) groups excluding carboxylic acids is 2. The number of carbonyl (C=O) groups is 2. The van der Waals surface area contributed by atoms with Gasteiger partial charge in [0.2, 0.25) is 5.91 Å². The highest BCUT2D eigenvalue weighted by molar-refractivity contribution is 8.00. The second-order valence-electron chi connectivity index (χ2n) is 6.38. The minimum Gasteiger partial charge on any atom is -0.294 e. The summed E-state index contributed by atoms with van der Waals surface area (Å²) in [5, 5.41) is 4.37. The molecule has 116 valence electrons. The Hall–Kier alpha value is -1.40. The molecule has 0 N–H and O–H groups in total. The van der Waals surface area contributed by atoms with Gasteiger partial charge in [0.15, 0.2) is 5.78 Å². The maximum atomic E-state index is 12.6. The zero-order chi connectivity index (χ0) is 16.1. The molecule has 0 saturated heterocycles. The molecule has 2 heterocycles. The van der Waals surface area contributed by atoms with E-state index in [1.807, 2.05) is 12.3 Å². The number of ketones is 1. The summed E-state index contributed by atoms with van der Waals surface area (Å²) < 4.78 is 2.40. The molecule has 22 heavy (non-hydrogen) atoms. The fourth-order valence-electron chi connectivity index (χ4n) is 2.93. The number of aromatic nitrogens is 2. The Morgan fingerprint density at radius 3 is 2.73 bits per heavy atom. The molecule has 0 unspecified atom stereocenters. The van der Waals surface area contributed by atoms with Crippen molar-refractivity contribution in [2.75, 3.05) is 6.26 Å². The molecule has 3 rings (SSSR count). The Morgan fingerprint density at radius 1 is 1.41 bits per heavy atom. The number of thioether (sulfide) groups is 1. The average molecular weight is 334 g/mol. The van der Waals surface area contributed by atoms with Crippen LogP contribution in [0.25, 0.3) is 10.6 Å². The number of hydrogen-bond donors (Lipinski definition) is 0. The van der Waals surface area contributed by atoms with E-state index in [2.05, 4.69) is 18.9 Å². The van der Waals surface area contributed by atoms with Gasteiger partial charge in [-0.15, -0.1) is 23.1 Å². The van der Waals surface area contributed by atoms with Crippen LogP contribution in [0.4, 0.5) is 0 Å². The summed E-state index contributed by atoms with van der Waals surface area (Å²) in [5.41, 5.74) is 2.73. The van der Waals surface area contributed by atoms with Crippen LogP contribution in [0.2, 0.25) is 0 Å². The SMILES string of the molecule is CSc1sc(-c2ccn(C(C)=O)n2)c2c1C(=O)CC(C)(C)C2. The highest BCUT2D eigenvalue weighted by Gasteiger charge is 2.36. The molecule has 1 aliphatic carbocycles. The van der Waals surface area contributed by atoms with Gasteiger partial charge >= 0.3 is 0 Å². The molecule has 1 aliphatic rings. The van der Waals surface area contributed by atoms with Gasteiger partial charge in [-0.1, -0.05) is 13.8 Å². The van der Waals surface area contributed by atoms with Crippen molar-refractivity contribution in [1.82, 2.24) is 9.78 Å². The van der Waals surface area contributed by atoms with E-state index in [0.717, 1.165) is 32.3 Å². The van der Waals surface area contributed by atoms with Crippen LogP contribution >= 0.6 is 23.1 Å². The van der Waals surface area contributed by atoms with E-state index in [-0.39, 0.29) is 17.1 Å². The number of thiophene rings is 1. The Balaban J connectivity index is 2.16. The first-order valence-corrected chi connectivity index (χ1v) is 9.16. The van der Waals surface area contributed by atoms with Crippen LogP contribution in [0, 0.1) is 5.41 Å². The largest absolute Gasteiger partial charge is 0.294 e. The Bertz CT molecular complexity index is 771. The topological polar surface area (TPSA) is 52.0 Å². The summed E-state index contributed by atoms with van der Waals surface area (Å²) in [6.07, 6.45) is 5.13. The van der Waals surface area contributed by atoms with Crippen LogP contribution in [-0.4, -0.2) is 27.7 Å². The van der Waals surface area contributed by atoms with Gasteiger partial charge in [-0.05, 0) is 29.7 Å². The van der Waals surface area contributed by atoms with Crippen molar-refractivity contribution in [3.8, 4) is 10.6 Å². The summed E-state index contributed by atoms with van der Waals surface area (Å²) >= 11 is 3.23. The molecule has 2 aromatic heterocycles. The van der Waals surface area contributed by atoms with Crippen molar-refractivity contribution in [3.05, 3.63) is 23.4 Å². The molecule has 0 aromatic carbocycles. The molecule has 0 saturated carbocycles. The standard InChI is InChI=1S/C16H18N2O2S2/c1-9(19)18-6-5-11(17-18)14-10-7-16(2,3)8-12(20)13(10)15(21-4)22-14/h5-6H,7-8H2,1-4H3. The van der Waals surface area contributed by atoms with E-state index in [0.29, 0.717) is 6.42 Å². The summed E-state index contributed by atoms with van der Waals surface area (Å²) in [6.45, 7) is 5.74. The smallest absolute Gasteiger partial charge is 0.243 e. The van der Waals surface area contributed by atoms with E-state index >= 15 is 0 Å². The number of hydrogen-bond acceptors (Lipinski definition) is 5. The van der Waals surface area contributed by atoms with Gasteiger partial charge in [0.05, 0.1) is 9.09 Å². The van der Waals surface area contributed by atoms with E-state index < -0.39 is 0 Å². The van der Waals surface area contributed by atoms with Gasteiger partial charge in [-0.3, -0.25) is 9.59 Å². The molecule has 6 heteroatoms. The normalized spacial score (nSPS) is 16.6. The molecular weight excluding hydrogens is 316 g/mol. The van der Waals surface area contributed by atoms with Crippen molar-refractivity contribution in [1.29, 1.82) is 0 Å². The van der Waals surface area contributed by atoms with Crippen molar-refractivity contribution < 1.29 is 9.59 Å². The monoisotopic (exact) mass is 334 g/mol. The van der Waals surface area contributed by atoms with Gasteiger partial charge in [0, 0.05) is 25.1 Å². The van der Waals surface area contributed by atoms with Gasteiger partial charge in [-0.2, -0.15) is 5.10 Å². The number of nitrogens with zero attached hydrogens (tertiary/aromatic N) is 2. The molecule has 2 aromatic rings. The second-order valence-corrected chi connectivity index (χ2v) is 8.48. The van der Waals surface area contributed by atoms with E-state index in [1.165, 1.54) is 11.6 Å². The molecule has 0 amide bonds. The predicted molar refractivity (Wildman–Crippen MR) is 90.1 cm³/mol. The third kappa shape index (κ3) is 2.54. The van der Waals surface area contributed by atoms with Crippen molar-refractivity contribution in [3.63, 3.8) is 0 Å². The third-order valence-electron chi connectivity index (χ3n) is 3.88. The van der Waals surface area contributed by atoms with Crippen molar-refractivity contribution >= 4 is 34.8 Å². The second kappa shape index (κ2) is 5.35. The van der Waals surface area contributed by atoms with Crippen LogP contribution in [0.1, 0.15) is 47.9 Å². The third-order valence-corrected chi connectivity index (χ3v) is 6.25. The molecule has 0 radical (unpaired) electrons. The molecular formula is C16H18N2O2S2. The first kappa shape index (κ1) is 15.5. The van der Waals surface area contributed by atoms with Crippen LogP contribution in [0.3, 0.4) is 0 Å².